The molecule has 0 saturated heterocycles. The van der Waals surface area contributed by atoms with Gasteiger partial charge in [0, 0.05) is 25.3 Å². The first-order chi connectivity index (χ1) is 6.79. The lowest BCUT2D eigenvalue weighted by atomic mass is 10.4. The Morgan fingerprint density at radius 1 is 1.50 bits per heavy atom. The van der Waals surface area contributed by atoms with Gasteiger partial charge in [0.2, 0.25) is 0 Å². The van der Waals surface area contributed by atoms with Gasteiger partial charge in [-0.2, -0.15) is 0 Å². The molecule has 4 nitrogen and oxygen atoms in total. The minimum atomic E-state index is 0.126. The van der Waals surface area contributed by atoms with Crippen molar-refractivity contribution in [2.24, 2.45) is 0 Å². The van der Waals surface area contributed by atoms with Crippen molar-refractivity contribution in [3.05, 3.63) is 23.2 Å². The fourth-order valence-electron chi connectivity index (χ4n) is 1.12. The monoisotopic (exact) mass is 210 g/mol. The summed E-state index contributed by atoms with van der Waals surface area (Å²) in [6.45, 7) is 1.92. The van der Waals surface area contributed by atoms with Gasteiger partial charge in [-0.25, -0.2) is 9.97 Å². The van der Waals surface area contributed by atoms with Crippen LogP contribution in [0.3, 0.4) is 0 Å². The van der Waals surface area contributed by atoms with Crippen LogP contribution in [0.5, 0.6) is 0 Å². The quantitative estimate of drug-likeness (QED) is 0.836. The zero-order chi connectivity index (χ0) is 9.97. The fraction of sp³-hybridized carbons (Fsp3) is 0.333. The Morgan fingerprint density at radius 2 is 2.36 bits per heavy atom. The van der Waals surface area contributed by atoms with Gasteiger partial charge in [0.15, 0.2) is 5.89 Å². The highest BCUT2D eigenvalue weighted by molar-refractivity contribution is 7.13. The van der Waals surface area contributed by atoms with Crippen molar-refractivity contribution in [2.45, 2.75) is 13.3 Å². The number of aliphatic hydroxyl groups is 1. The Bertz CT molecular complexity index is 422. The molecule has 0 unspecified atom stereocenters. The van der Waals surface area contributed by atoms with Crippen LogP contribution in [0.2, 0.25) is 0 Å². The van der Waals surface area contributed by atoms with Crippen LogP contribution in [0.15, 0.2) is 16.1 Å². The van der Waals surface area contributed by atoms with Gasteiger partial charge in [-0.05, 0) is 0 Å². The predicted octanol–water partition coefficient (Wildman–Crippen LogP) is 1.64. The summed E-state index contributed by atoms with van der Waals surface area (Å²) in [6.07, 6.45) is 2.18. The molecule has 1 N–H and O–H groups in total. The van der Waals surface area contributed by atoms with Crippen LogP contribution >= 0.6 is 11.3 Å². The van der Waals surface area contributed by atoms with Crippen LogP contribution in [-0.2, 0) is 6.42 Å². The van der Waals surface area contributed by atoms with Crippen molar-refractivity contribution in [1.82, 2.24) is 9.97 Å². The summed E-state index contributed by atoms with van der Waals surface area (Å²) in [5.41, 5.74) is 1.66. The van der Waals surface area contributed by atoms with E-state index in [0.29, 0.717) is 12.3 Å². The molecule has 5 heteroatoms. The first-order valence-corrected chi connectivity index (χ1v) is 5.15. The molecule has 2 rings (SSSR count). The third kappa shape index (κ3) is 1.83. The summed E-state index contributed by atoms with van der Waals surface area (Å²) in [7, 11) is 0. The highest BCUT2D eigenvalue weighted by atomic mass is 32.1. The Kier molecular flexibility index (Phi) is 2.60. The van der Waals surface area contributed by atoms with Crippen molar-refractivity contribution in [1.29, 1.82) is 0 Å². The second-order valence-electron chi connectivity index (χ2n) is 2.87. The van der Waals surface area contributed by atoms with Crippen molar-refractivity contribution in [3.8, 4) is 10.7 Å². The van der Waals surface area contributed by atoms with Crippen LogP contribution < -0.4 is 0 Å². The van der Waals surface area contributed by atoms with Crippen molar-refractivity contribution in [2.75, 3.05) is 6.61 Å². The van der Waals surface area contributed by atoms with Crippen LogP contribution in [0.4, 0.5) is 0 Å². The predicted molar refractivity (Wildman–Crippen MR) is 53.1 cm³/mol. The summed E-state index contributed by atoms with van der Waals surface area (Å²) >= 11 is 1.51. The second-order valence-corrected chi connectivity index (χ2v) is 3.73. The second kappa shape index (κ2) is 3.89. The van der Waals surface area contributed by atoms with Crippen LogP contribution in [0, 0.1) is 6.92 Å². The Hall–Kier alpha value is -1.20. The van der Waals surface area contributed by atoms with Gasteiger partial charge in [0.25, 0.3) is 0 Å². The third-order valence-electron chi connectivity index (χ3n) is 1.76. The molecule has 0 aromatic carbocycles. The van der Waals surface area contributed by atoms with Gasteiger partial charge in [-0.15, -0.1) is 11.3 Å². The van der Waals surface area contributed by atoms with E-state index in [4.69, 9.17) is 9.52 Å². The molecule has 2 heterocycles. The number of hydrogen-bond donors (Lipinski definition) is 1. The minimum Gasteiger partial charge on any atom is -0.449 e. The van der Waals surface area contributed by atoms with E-state index in [9.17, 15) is 0 Å². The lowest BCUT2D eigenvalue weighted by molar-refractivity contribution is 0.298. The maximum atomic E-state index is 8.73. The Balaban J connectivity index is 2.24. The van der Waals surface area contributed by atoms with Crippen molar-refractivity contribution < 1.29 is 9.52 Å². The molecule has 0 fully saturated rings. The summed E-state index contributed by atoms with van der Waals surface area (Å²) < 4.78 is 5.09. The van der Waals surface area contributed by atoms with E-state index in [1.165, 1.54) is 11.3 Å². The van der Waals surface area contributed by atoms with E-state index in [0.717, 1.165) is 16.4 Å². The van der Waals surface area contributed by atoms with E-state index in [2.05, 4.69) is 9.97 Å². The highest BCUT2D eigenvalue weighted by Gasteiger charge is 2.08. The topological polar surface area (TPSA) is 59.2 Å². The molecule has 74 valence electrons. The number of aliphatic hydroxyl groups excluding tert-OH is 1. The molecule has 0 bridgehead atoms. The molecule has 0 saturated carbocycles. The van der Waals surface area contributed by atoms with E-state index >= 15 is 0 Å². The Morgan fingerprint density at radius 3 is 3.00 bits per heavy atom. The zero-order valence-electron chi connectivity index (χ0n) is 7.73. The lowest BCUT2D eigenvalue weighted by Gasteiger charge is -1.87. The van der Waals surface area contributed by atoms with Gasteiger partial charge < -0.3 is 9.52 Å². The van der Waals surface area contributed by atoms with Gasteiger partial charge in [-0.1, -0.05) is 0 Å². The number of aromatic nitrogens is 2. The average Bonchev–Trinajstić information content (AvgIpc) is 2.74. The molecule has 2 aromatic rings. The molecule has 14 heavy (non-hydrogen) atoms. The van der Waals surface area contributed by atoms with Crippen LogP contribution in [-0.4, -0.2) is 21.7 Å². The SMILES string of the molecule is Cc1nc(-c2nc(CCO)cs2)co1. The normalized spacial score (nSPS) is 10.7. The summed E-state index contributed by atoms with van der Waals surface area (Å²) in [5, 5.41) is 11.5. The average molecular weight is 210 g/mol. The number of oxazole rings is 1. The number of aryl methyl sites for hydroxylation is 1. The molecule has 0 amide bonds. The minimum absolute atomic E-state index is 0.126. The van der Waals surface area contributed by atoms with Gasteiger partial charge in [0.1, 0.15) is 17.0 Å². The molecule has 2 aromatic heterocycles. The Labute approximate surface area is 85.3 Å². The summed E-state index contributed by atoms with van der Waals surface area (Å²) in [4.78, 5) is 8.49. The molecule has 0 aliphatic heterocycles. The fourth-order valence-corrected chi connectivity index (χ4v) is 1.92. The largest absolute Gasteiger partial charge is 0.449 e. The van der Waals surface area contributed by atoms with E-state index in [1.54, 1.807) is 13.2 Å². The van der Waals surface area contributed by atoms with E-state index in [-0.39, 0.29) is 6.61 Å². The number of hydrogen-bond acceptors (Lipinski definition) is 5. The molecule has 0 spiro atoms. The van der Waals surface area contributed by atoms with Gasteiger partial charge in [-0.3, -0.25) is 0 Å². The molecular formula is C9H10N2O2S. The van der Waals surface area contributed by atoms with Gasteiger partial charge in [0.05, 0.1) is 5.69 Å². The van der Waals surface area contributed by atoms with E-state index < -0.39 is 0 Å². The first-order valence-electron chi connectivity index (χ1n) is 4.27. The van der Waals surface area contributed by atoms with Crippen molar-refractivity contribution in [3.63, 3.8) is 0 Å². The number of rotatable bonds is 3. The number of nitrogens with zero attached hydrogens (tertiary/aromatic N) is 2. The standard InChI is InChI=1S/C9H10N2O2S/c1-6-10-8(4-13-6)9-11-7(2-3-12)5-14-9/h4-5,12H,2-3H2,1H3. The van der Waals surface area contributed by atoms with Gasteiger partial charge >= 0.3 is 0 Å². The molecule has 0 aliphatic carbocycles. The number of thiazole rings is 1. The van der Waals surface area contributed by atoms with Crippen molar-refractivity contribution >= 4 is 11.3 Å². The molecule has 0 aliphatic rings. The third-order valence-corrected chi connectivity index (χ3v) is 2.67. The molecule has 0 atom stereocenters. The molecule has 0 radical (unpaired) electrons. The molecular weight excluding hydrogens is 200 g/mol. The summed E-state index contributed by atoms with van der Waals surface area (Å²) in [6, 6.07) is 0. The van der Waals surface area contributed by atoms with Crippen LogP contribution in [0.25, 0.3) is 10.7 Å². The zero-order valence-corrected chi connectivity index (χ0v) is 8.54. The lowest BCUT2D eigenvalue weighted by Crippen LogP contribution is -1.90. The smallest absolute Gasteiger partial charge is 0.191 e. The summed E-state index contributed by atoms with van der Waals surface area (Å²) in [5.74, 6) is 0.638. The maximum Gasteiger partial charge on any atom is 0.191 e. The maximum absolute atomic E-state index is 8.73. The first kappa shape index (κ1) is 9.36. The van der Waals surface area contributed by atoms with Crippen LogP contribution in [0.1, 0.15) is 11.6 Å². The van der Waals surface area contributed by atoms with E-state index in [1.807, 2.05) is 5.38 Å². The highest BCUT2D eigenvalue weighted by Crippen LogP contribution is 2.22.